The van der Waals surface area contributed by atoms with Gasteiger partial charge < -0.3 is 4.74 Å². The Kier molecular flexibility index (Phi) is 3.71. The van der Waals surface area contributed by atoms with Gasteiger partial charge in [-0.3, -0.25) is 5.43 Å². The lowest BCUT2D eigenvalue weighted by Gasteiger charge is -2.19. The fourth-order valence-electron chi connectivity index (χ4n) is 1.64. The van der Waals surface area contributed by atoms with Crippen LogP contribution in [0.2, 0.25) is 0 Å². The Labute approximate surface area is 111 Å². The Morgan fingerprint density at radius 1 is 1.42 bits per heavy atom. The number of carbonyl (C=O) groups is 1. The van der Waals surface area contributed by atoms with Gasteiger partial charge in [0, 0.05) is 18.3 Å². The predicted molar refractivity (Wildman–Crippen MR) is 71.4 cm³/mol. The van der Waals surface area contributed by atoms with Gasteiger partial charge in [-0.15, -0.1) is 0 Å². The highest BCUT2D eigenvalue weighted by Crippen LogP contribution is 2.09. The van der Waals surface area contributed by atoms with Crippen molar-refractivity contribution in [3.05, 3.63) is 36.2 Å². The first-order valence-corrected chi connectivity index (χ1v) is 6.09. The fraction of sp³-hybridized carbons (Fsp3) is 0.385. The molecule has 0 aliphatic rings. The molecule has 0 saturated heterocycles. The lowest BCUT2D eigenvalue weighted by Crippen LogP contribution is -2.40. The van der Waals surface area contributed by atoms with Crippen molar-refractivity contribution in [2.75, 3.05) is 0 Å². The Morgan fingerprint density at radius 3 is 2.95 bits per heavy atom. The van der Waals surface area contributed by atoms with E-state index in [1.807, 2.05) is 45.2 Å². The molecule has 0 spiro atoms. The van der Waals surface area contributed by atoms with Gasteiger partial charge in [-0.1, -0.05) is 6.07 Å². The number of hydrogen-bond acceptors (Lipinski definition) is 4. The van der Waals surface area contributed by atoms with E-state index in [1.54, 1.807) is 10.7 Å². The SMILES string of the molecule is CC(C)(C)OC(=O)NNCc1cnn2ccccc12. The van der Waals surface area contributed by atoms with Crippen molar-refractivity contribution in [3.8, 4) is 0 Å². The monoisotopic (exact) mass is 262 g/mol. The minimum atomic E-state index is -0.504. The maximum Gasteiger partial charge on any atom is 0.422 e. The first-order chi connectivity index (χ1) is 8.96. The molecule has 0 aromatic carbocycles. The molecule has 0 atom stereocenters. The van der Waals surface area contributed by atoms with E-state index in [9.17, 15) is 4.79 Å². The van der Waals surface area contributed by atoms with Crippen molar-refractivity contribution in [2.24, 2.45) is 0 Å². The first kappa shape index (κ1) is 13.4. The van der Waals surface area contributed by atoms with Crippen molar-refractivity contribution in [1.82, 2.24) is 20.5 Å². The third-order valence-electron chi connectivity index (χ3n) is 2.37. The van der Waals surface area contributed by atoms with Crippen LogP contribution in [0.1, 0.15) is 26.3 Å². The summed E-state index contributed by atoms with van der Waals surface area (Å²) < 4.78 is 6.89. The number of ether oxygens (including phenoxy) is 1. The molecule has 2 N–H and O–H groups in total. The van der Waals surface area contributed by atoms with Crippen molar-refractivity contribution in [1.29, 1.82) is 0 Å². The highest BCUT2D eigenvalue weighted by atomic mass is 16.6. The number of hydrazine groups is 1. The highest BCUT2D eigenvalue weighted by molar-refractivity contribution is 5.67. The van der Waals surface area contributed by atoms with Gasteiger partial charge in [-0.05, 0) is 32.9 Å². The van der Waals surface area contributed by atoms with Crippen molar-refractivity contribution in [2.45, 2.75) is 32.9 Å². The average molecular weight is 262 g/mol. The second-order valence-electron chi connectivity index (χ2n) is 5.18. The van der Waals surface area contributed by atoms with Gasteiger partial charge in [0.25, 0.3) is 0 Å². The number of hydrogen-bond donors (Lipinski definition) is 2. The van der Waals surface area contributed by atoms with Crippen LogP contribution in [-0.2, 0) is 11.3 Å². The summed E-state index contributed by atoms with van der Waals surface area (Å²) in [5.74, 6) is 0. The van der Waals surface area contributed by atoms with Crippen molar-refractivity contribution in [3.63, 3.8) is 0 Å². The first-order valence-electron chi connectivity index (χ1n) is 6.09. The zero-order chi connectivity index (χ0) is 13.9. The normalized spacial score (nSPS) is 11.5. The lowest BCUT2D eigenvalue weighted by molar-refractivity contribution is 0.0497. The molecule has 102 valence electrons. The number of carbonyl (C=O) groups excluding carboxylic acids is 1. The van der Waals surface area contributed by atoms with E-state index in [0.717, 1.165) is 11.1 Å². The van der Waals surface area contributed by atoms with Gasteiger partial charge in [0.15, 0.2) is 0 Å². The molecule has 0 unspecified atom stereocenters. The third kappa shape index (κ3) is 3.69. The summed E-state index contributed by atoms with van der Waals surface area (Å²) in [6.07, 6.45) is 3.14. The van der Waals surface area contributed by atoms with E-state index >= 15 is 0 Å². The molecule has 6 nitrogen and oxygen atoms in total. The van der Waals surface area contributed by atoms with Gasteiger partial charge in [0.1, 0.15) is 5.60 Å². The van der Waals surface area contributed by atoms with Crippen molar-refractivity contribution < 1.29 is 9.53 Å². The molecule has 19 heavy (non-hydrogen) atoms. The second-order valence-corrected chi connectivity index (χ2v) is 5.18. The number of fused-ring (bicyclic) bond motifs is 1. The summed E-state index contributed by atoms with van der Waals surface area (Å²) in [5.41, 5.74) is 6.81. The molecule has 0 aliphatic carbocycles. The maximum absolute atomic E-state index is 11.4. The van der Waals surface area contributed by atoms with E-state index < -0.39 is 11.7 Å². The Hall–Kier alpha value is -2.08. The third-order valence-corrected chi connectivity index (χ3v) is 2.37. The maximum atomic E-state index is 11.4. The summed E-state index contributed by atoms with van der Waals surface area (Å²) in [4.78, 5) is 11.4. The van der Waals surface area contributed by atoms with Crippen LogP contribution in [0.25, 0.3) is 5.52 Å². The summed E-state index contributed by atoms with van der Waals surface area (Å²) in [7, 11) is 0. The molecule has 2 heterocycles. The molecule has 1 amide bonds. The standard InChI is InChI=1S/C13H18N4O2/c1-13(2,3)19-12(18)16-14-8-10-9-15-17-7-5-4-6-11(10)17/h4-7,9,14H,8H2,1-3H3,(H,16,18). The number of rotatable bonds is 3. The van der Waals surface area contributed by atoms with E-state index in [0.29, 0.717) is 6.54 Å². The molecular formula is C13H18N4O2. The molecule has 0 aliphatic heterocycles. The number of nitrogens with zero attached hydrogens (tertiary/aromatic N) is 2. The van der Waals surface area contributed by atoms with E-state index in [2.05, 4.69) is 16.0 Å². The highest BCUT2D eigenvalue weighted by Gasteiger charge is 2.15. The van der Waals surface area contributed by atoms with Gasteiger partial charge in [-0.2, -0.15) is 5.10 Å². The zero-order valence-corrected chi connectivity index (χ0v) is 11.3. The molecule has 2 aromatic rings. The molecule has 2 rings (SSSR count). The van der Waals surface area contributed by atoms with Crippen molar-refractivity contribution >= 4 is 11.6 Å². The predicted octanol–water partition coefficient (Wildman–Crippen LogP) is 1.86. The zero-order valence-electron chi connectivity index (χ0n) is 11.3. The number of amides is 1. The van der Waals surface area contributed by atoms with Gasteiger partial charge in [-0.25, -0.2) is 14.7 Å². The minimum Gasteiger partial charge on any atom is -0.443 e. The second kappa shape index (κ2) is 5.27. The van der Waals surface area contributed by atoms with Gasteiger partial charge >= 0.3 is 6.09 Å². The van der Waals surface area contributed by atoms with Gasteiger partial charge in [0.05, 0.1) is 11.7 Å². The Balaban J connectivity index is 1.88. The van der Waals surface area contributed by atoms with E-state index in [4.69, 9.17) is 4.74 Å². The quantitative estimate of drug-likeness (QED) is 0.829. The largest absolute Gasteiger partial charge is 0.443 e. The van der Waals surface area contributed by atoms with Crippen LogP contribution in [0.3, 0.4) is 0 Å². The number of aromatic nitrogens is 2. The smallest absolute Gasteiger partial charge is 0.422 e. The average Bonchev–Trinajstić information content (AvgIpc) is 2.70. The Morgan fingerprint density at radius 2 is 2.21 bits per heavy atom. The molecule has 2 aromatic heterocycles. The summed E-state index contributed by atoms with van der Waals surface area (Å²) in [6, 6.07) is 5.83. The summed E-state index contributed by atoms with van der Waals surface area (Å²) >= 11 is 0. The van der Waals surface area contributed by atoms with Crippen LogP contribution in [0.4, 0.5) is 4.79 Å². The number of nitrogens with one attached hydrogen (secondary N) is 2. The van der Waals surface area contributed by atoms with Gasteiger partial charge in [0.2, 0.25) is 0 Å². The summed E-state index contributed by atoms with van der Waals surface area (Å²) in [6.45, 7) is 5.93. The van der Waals surface area contributed by atoms with Crippen LogP contribution in [0.5, 0.6) is 0 Å². The van der Waals surface area contributed by atoms with Crippen LogP contribution >= 0.6 is 0 Å². The lowest BCUT2D eigenvalue weighted by atomic mass is 10.2. The van der Waals surface area contributed by atoms with Crippen LogP contribution in [-0.4, -0.2) is 21.3 Å². The Bertz CT molecular complexity index is 571. The minimum absolute atomic E-state index is 0.479. The molecule has 0 fully saturated rings. The van der Waals surface area contributed by atoms with Crippen LogP contribution in [0.15, 0.2) is 30.6 Å². The molecule has 0 bridgehead atoms. The molecule has 0 radical (unpaired) electrons. The fourth-order valence-corrected chi connectivity index (χ4v) is 1.64. The van der Waals surface area contributed by atoms with E-state index in [1.165, 1.54) is 0 Å². The number of pyridine rings is 1. The van der Waals surface area contributed by atoms with Crippen LogP contribution in [0, 0.1) is 0 Å². The van der Waals surface area contributed by atoms with Crippen LogP contribution < -0.4 is 10.9 Å². The van der Waals surface area contributed by atoms with E-state index in [-0.39, 0.29) is 0 Å². The molecule has 6 heteroatoms. The molecular weight excluding hydrogens is 244 g/mol. The molecule has 0 saturated carbocycles. The summed E-state index contributed by atoms with van der Waals surface area (Å²) in [5, 5.41) is 4.21. The topological polar surface area (TPSA) is 67.7 Å².